The van der Waals surface area contributed by atoms with E-state index in [0.29, 0.717) is 12.1 Å². The van der Waals surface area contributed by atoms with E-state index >= 15 is 0 Å². The summed E-state index contributed by atoms with van der Waals surface area (Å²) in [7, 11) is 0. The molecule has 1 aliphatic rings. The summed E-state index contributed by atoms with van der Waals surface area (Å²) in [6.45, 7) is 7.07. The Hall–Kier alpha value is -1.54. The van der Waals surface area contributed by atoms with Gasteiger partial charge in [-0.1, -0.05) is 61.4 Å². The number of nitrogens with one attached hydrogen (secondary N) is 2. The van der Waals surface area contributed by atoms with E-state index in [1.807, 2.05) is 30.3 Å². The first-order valence-electron chi connectivity index (χ1n) is 9.61. The van der Waals surface area contributed by atoms with E-state index in [9.17, 15) is 9.90 Å². The van der Waals surface area contributed by atoms with Crippen molar-refractivity contribution in [1.29, 1.82) is 0 Å². The van der Waals surface area contributed by atoms with Crippen LogP contribution in [0.3, 0.4) is 0 Å². The predicted octanol–water partition coefficient (Wildman–Crippen LogP) is 3.38. The molecule has 1 saturated carbocycles. The zero-order valence-corrected chi connectivity index (χ0v) is 17.5. The van der Waals surface area contributed by atoms with Crippen molar-refractivity contribution < 1.29 is 9.90 Å². The molecule has 27 heavy (non-hydrogen) atoms. The Labute approximate surface area is 169 Å². The second-order valence-corrected chi connectivity index (χ2v) is 8.11. The van der Waals surface area contributed by atoms with Crippen molar-refractivity contribution in [2.45, 2.75) is 64.0 Å². The Kier molecular flexibility index (Phi) is 9.32. The number of hydrogen-bond acceptors (Lipinski definition) is 3. The van der Waals surface area contributed by atoms with Crippen LogP contribution in [0.2, 0.25) is 0 Å². The molecular weight excluding hydrogens is 360 g/mol. The fraction of sp³-hybridized carbons (Fsp3) is 0.591. The molecule has 1 atom stereocenters. The monoisotopic (exact) mass is 392 g/mol. The smallest absolute Gasteiger partial charge is 0.257 e. The van der Waals surface area contributed by atoms with Crippen LogP contribution in [0.4, 0.5) is 0 Å². The third-order valence-electron chi connectivity index (χ3n) is 4.93. The van der Waals surface area contributed by atoms with Gasteiger partial charge in [-0.15, -0.1) is 12.4 Å². The minimum absolute atomic E-state index is 0. The molecule has 0 bridgehead atoms. The highest BCUT2D eigenvalue weighted by Crippen LogP contribution is 2.39. The Bertz CT molecular complexity index is 640. The van der Waals surface area contributed by atoms with Gasteiger partial charge in [0.2, 0.25) is 0 Å². The third kappa shape index (κ3) is 6.84. The Balaban J connectivity index is 0.00000364. The summed E-state index contributed by atoms with van der Waals surface area (Å²) in [5, 5.41) is 17.5. The summed E-state index contributed by atoms with van der Waals surface area (Å²) in [5.74, 6) is 5.58. The van der Waals surface area contributed by atoms with E-state index in [2.05, 4.69) is 43.2 Å². The van der Waals surface area contributed by atoms with E-state index < -0.39 is 5.60 Å². The highest BCUT2D eigenvalue weighted by Gasteiger charge is 2.45. The van der Waals surface area contributed by atoms with Crippen molar-refractivity contribution in [3.63, 3.8) is 0 Å². The maximum Gasteiger partial charge on any atom is 0.257 e. The van der Waals surface area contributed by atoms with E-state index in [-0.39, 0.29) is 36.3 Å². The lowest BCUT2D eigenvalue weighted by atomic mass is 9.73. The Morgan fingerprint density at radius 3 is 2.26 bits per heavy atom. The minimum Gasteiger partial charge on any atom is -0.375 e. The molecule has 1 aromatic carbocycles. The van der Waals surface area contributed by atoms with Crippen LogP contribution in [0.1, 0.15) is 58.4 Å². The Morgan fingerprint density at radius 2 is 1.67 bits per heavy atom. The number of amides is 1. The van der Waals surface area contributed by atoms with Gasteiger partial charge in [0.15, 0.2) is 5.60 Å². The second-order valence-electron chi connectivity index (χ2n) is 8.11. The highest BCUT2D eigenvalue weighted by molar-refractivity contribution is 5.87. The van der Waals surface area contributed by atoms with E-state index in [0.717, 1.165) is 25.7 Å². The van der Waals surface area contributed by atoms with Gasteiger partial charge < -0.3 is 15.7 Å². The maximum atomic E-state index is 12.9. The summed E-state index contributed by atoms with van der Waals surface area (Å²) in [6.07, 6.45) is 5.05. The number of aliphatic hydroxyl groups is 1. The van der Waals surface area contributed by atoms with Gasteiger partial charge in [0.25, 0.3) is 5.91 Å². The molecule has 0 aromatic heterocycles. The largest absolute Gasteiger partial charge is 0.375 e. The summed E-state index contributed by atoms with van der Waals surface area (Å²) < 4.78 is 0. The highest BCUT2D eigenvalue weighted by atomic mass is 35.5. The van der Waals surface area contributed by atoms with E-state index in [1.165, 1.54) is 6.42 Å². The average Bonchev–Trinajstić information content (AvgIpc) is 2.64. The van der Waals surface area contributed by atoms with Gasteiger partial charge in [-0.3, -0.25) is 4.79 Å². The van der Waals surface area contributed by atoms with Crippen molar-refractivity contribution in [1.82, 2.24) is 10.6 Å². The summed E-state index contributed by atoms with van der Waals surface area (Å²) in [4.78, 5) is 12.9. The summed E-state index contributed by atoms with van der Waals surface area (Å²) in [5.41, 5.74) is -0.786. The molecule has 5 heteroatoms. The van der Waals surface area contributed by atoms with Gasteiger partial charge in [-0.25, -0.2) is 0 Å². The maximum absolute atomic E-state index is 12.9. The lowest BCUT2D eigenvalue weighted by Crippen LogP contribution is -2.50. The minimum atomic E-state index is -1.48. The van der Waals surface area contributed by atoms with Gasteiger partial charge in [-0.05, 0) is 39.2 Å². The van der Waals surface area contributed by atoms with Gasteiger partial charge in [0.05, 0.1) is 13.1 Å². The number of hydrogen-bond donors (Lipinski definition) is 3. The standard InChI is InChI=1S/C22H32N2O2.ClH/c1-21(2,3)24-17-11-10-16-23-20(25)22(26,18-12-6-4-7-13-18)19-14-8-5-9-15-19;/h4,6-7,12-13,19,24,26H,5,8-9,14-17H2,1-3H3,(H,23,25);1H. The number of carbonyl (C=O) groups is 1. The quantitative estimate of drug-likeness (QED) is 0.673. The van der Waals surface area contributed by atoms with Crippen LogP contribution in [0.25, 0.3) is 0 Å². The van der Waals surface area contributed by atoms with Crippen LogP contribution < -0.4 is 10.6 Å². The zero-order chi connectivity index (χ0) is 19.0. The van der Waals surface area contributed by atoms with Crippen molar-refractivity contribution in [2.75, 3.05) is 13.1 Å². The summed E-state index contributed by atoms with van der Waals surface area (Å²) in [6, 6.07) is 9.32. The van der Waals surface area contributed by atoms with Crippen molar-refractivity contribution in [2.24, 2.45) is 5.92 Å². The summed E-state index contributed by atoms with van der Waals surface area (Å²) >= 11 is 0. The zero-order valence-electron chi connectivity index (χ0n) is 16.7. The Morgan fingerprint density at radius 1 is 1.07 bits per heavy atom. The molecule has 0 spiro atoms. The van der Waals surface area contributed by atoms with Crippen molar-refractivity contribution in [3.8, 4) is 11.8 Å². The van der Waals surface area contributed by atoms with E-state index in [1.54, 1.807) is 0 Å². The SMILES string of the molecule is CC(C)(C)NCC#CCNC(=O)C(O)(c1ccccc1)C1CCCCC1.Cl. The lowest BCUT2D eigenvalue weighted by Gasteiger charge is -2.37. The molecule has 0 saturated heterocycles. The molecule has 0 aliphatic heterocycles. The molecule has 1 aromatic rings. The van der Waals surface area contributed by atoms with Gasteiger partial charge in [0, 0.05) is 11.5 Å². The van der Waals surface area contributed by atoms with Crippen LogP contribution >= 0.6 is 12.4 Å². The number of rotatable bonds is 5. The van der Waals surface area contributed by atoms with Crippen molar-refractivity contribution in [3.05, 3.63) is 35.9 Å². The van der Waals surface area contributed by atoms with Crippen LogP contribution in [-0.2, 0) is 10.4 Å². The molecule has 2 rings (SSSR count). The van der Waals surface area contributed by atoms with Crippen LogP contribution in [0, 0.1) is 17.8 Å². The molecule has 0 heterocycles. The van der Waals surface area contributed by atoms with Crippen LogP contribution in [0.5, 0.6) is 0 Å². The predicted molar refractivity (Wildman–Crippen MR) is 113 cm³/mol. The topological polar surface area (TPSA) is 61.4 Å². The molecule has 4 nitrogen and oxygen atoms in total. The molecule has 150 valence electrons. The van der Waals surface area contributed by atoms with Gasteiger partial charge in [-0.2, -0.15) is 0 Å². The first-order valence-corrected chi connectivity index (χ1v) is 9.61. The number of benzene rings is 1. The average molecular weight is 393 g/mol. The molecule has 0 radical (unpaired) electrons. The fourth-order valence-electron chi connectivity index (χ4n) is 3.46. The second kappa shape index (κ2) is 10.7. The van der Waals surface area contributed by atoms with Crippen LogP contribution in [-0.4, -0.2) is 29.6 Å². The molecule has 1 fully saturated rings. The molecule has 3 N–H and O–H groups in total. The third-order valence-corrected chi connectivity index (χ3v) is 4.93. The van der Waals surface area contributed by atoms with Gasteiger partial charge >= 0.3 is 0 Å². The van der Waals surface area contributed by atoms with Crippen LogP contribution in [0.15, 0.2) is 30.3 Å². The first kappa shape index (κ1) is 23.5. The molecule has 1 aliphatic carbocycles. The van der Waals surface area contributed by atoms with E-state index in [4.69, 9.17) is 0 Å². The molecule has 1 amide bonds. The van der Waals surface area contributed by atoms with Crippen molar-refractivity contribution >= 4 is 18.3 Å². The first-order chi connectivity index (χ1) is 12.3. The number of halogens is 1. The van der Waals surface area contributed by atoms with Gasteiger partial charge in [0.1, 0.15) is 0 Å². The normalized spacial score (nSPS) is 17.0. The molecular formula is C22H33ClN2O2. The fourth-order valence-corrected chi connectivity index (χ4v) is 3.46. The lowest BCUT2D eigenvalue weighted by molar-refractivity contribution is -0.149. The molecule has 1 unspecified atom stereocenters. The number of carbonyl (C=O) groups excluding carboxylic acids is 1.